The summed E-state index contributed by atoms with van der Waals surface area (Å²) in [6.07, 6.45) is 2.07. The fourth-order valence-corrected chi connectivity index (χ4v) is 3.51. The molecule has 30 heavy (non-hydrogen) atoms. The maximum absolute atomic E-state index is 14.8. The molecule has 0 bridgehead atoms. The largest absolute Gasteiger partial charge is 0.481 e. The molecule has 0 radical (unpaired) electrons. The summed E-state index contributed by atoms with van der Waals surface area (Å²) in [5.74, 6) is -0.894. The number of anilines is 1. The number of hydrogen-bond donors (Lipinski definition) is 2. The van der Waals surface area contributed by atoms with Crippen LogP contribution >= 0.6 is 0 Å². The molecule has 1 aromatic heterocycles. The third-order valence-corrected chi connectivity index (χ3v) is 5.46. The van der Waals surface area contributed by atoms with Crippen molar-refractivity contribution < 1.29 is 23.8 Å². The van der Waals surface area contributed by atoms with Gasteiger partial charge in [-0.25, -0.2) is 13.9 Å². The Morgan fingerprint density at radius 3 is 2.47 bits per heavy atom. The number of hydrogen-bond acceptors (Lipinski definition) is 4. The molecule has 8 heteroatoms. The SMILES string of the molecule is COC(=O)Nc1c(C)cnn1-c1ccc(-c2ccc(C3(C(=O)O)CC3)cc2F)cc1. The number of carbonyl (C=O) groups excluding carboxylic acids is 1. The average molecular weight is 409 g/mol. The van der Waals surface area contributed by atoms with Crippen LogP contribution in [-0.2, 0) is 14.9 Å². The number of halogens is 1. The van der Waals surface area contributed by atoms with Crippen LogP contribution in [0.25, 0.3) is 16.8 Å². The van der Waals surface area contributed by atoms with Crippen LogP contribution < -0.4 is 5.32 Å². The van der Waals surface area contributed by atoms with Gasteiger partial charge in [0.1, 0.15) is 11.6 Å². The molecule has 0 aliphatic heterocycles. The molecule has 1 amide bonds. The number of methoxy groups -OCH3 is 1. The zero-order chi connectivity index (χ0) is 21.5. The lowest BCUT2D eigenvalue weighted by molar-refractivity contribution is -0.140. The minimum Gasteiger partial charge on any atom is -0.481 e. The standard InChI is InChI=1S/C22H20FN3O4/c1-13-12-24-26(19(13)25-21(29)30-2)16-6-3-14(4-7-16)17-8-5-15(11-18(17)23)22(9-10-22)20(27)28/h3-8,11-12H,9-10H2,1-2H3,(H,25,29)(H,27,28). The van der Waals surface area contributed by atoms with Gasteiger partial charge in [-0.05, 0) is 49.1 Å². The van der Waals surface area contributed by atoms with Crippen LogP contribution in [0.3, 0.4) is 0 Å². The molecular formula is C22H20FN3O4. The quantitative estimate of drug-likeness (QED) is 0.656. The van der Waals surface area contributed by atoms with Gasteiger partial charge >= 0.3 is 12.1 Å². The first kappa shape index (κ1) is 19.6. The van der Waals surface area contributed by atoms with Gasteiger partial charge < -0.3 is 9.84 Å². The van der Waals surface area contributed by atoms with Crippen molar-refractivity contribution in [2.45, 2.75) is 25.2 Å². The van der Waals surface area contributed by atoms with Gasteiger partial charge in [-0.15, -0.1) is 0 Å². The Morgan fingerprint density at radius 1 is 1.20 bits per heavy atom. The summed E-state index contributed by atoms with van der Waals surface area (Å²) in [5.41, 5.74) is 2.03. The minimum absolute atomic E-state index is 0.385. The van der Waals surface area contributed by atoms with Crippen molar-refractivity contribution in [1.29, 1.82) is 0 Å². The Balaban J connectivity index is 1.62. The van der Waals surface area contributed by atoms with Crippen molar-refractivity contribution in [3.63, 3.8) is 0 Å². The molecule has 0 unspecified atom stereocenters. The molecule has 1 heterocycles. The first-order valence-corrected chi connectivity index (χ1v) is 9.39. The average Bonchev–Trinajstić information content (AvgIpc) is 3.48. The molecule has 0 saturated heterocycles. The van der Waals surface area contributed by atoms with Crippen LogP contribution in [0, 0.1) is 12.7 Å². The van der Waals surface area contributed by atoms with Gasteiger partial charge in [0.25, 0.3) is 0 Å². The van der Waals surface area contributed by atoms with Crippen molar-refractivity contribution in [3.8, 4) is 16.8 Å². The number of amides is 1. The van der Waals surface area contributed by atoms with Crippen molar-refractivity contribution in [1.82, 2.24) is 9.78 Å². The van der Waals surface area contributed by atoms with E-state index in [1.807, 2.05) is 6.92 Å². The summed E-state index contributed by atoms with van der Waals surface area (Å²) in [4.78, 5) is 23.1. The molecule has 1 aliphatic carbocycles. The number of nitrogens with one attached hydrogen (secondary N) is 1. The highest BCUT2D eigenvalue weighted by atomic mass is 19.1. The summed E-state index contributed by atoms with van der Waals surface area (Å²) in [6, 6.07) is 11.6. The van der Waals surface area contributed by atoms with E-state index in [9.17, 15) is 19.1 Å². The topological polar surface area (TPSA) is 93.5 Å². The molecule has 0 spiro atoms. The molecule has 1 aliphatic rings. The number of nitrogens with zero attached hydrogens (tertiary/aromatic N) is 2. The van der Waals surface area contributed by atoms with E-state index >= 15 is 0 Å². The van der Waals surface area contributed by atoms with E-state index < -0.39 is 23.3 Å². The zero-order valence-corrected chi connectivity index (χ0v) is 16.5. The maximum Gasteiger partial charge on any atom is 0.412 e. The minimum atomic E-state index is -0.940. The van der Waals surface area contributed by atoms with E-state index in [-0.39, 0.29) is 0 Å². The van der Waals surface area contributed by atoms with E-state index in [1.165, 1.54) is 13.2 Å². The molecule has 3 aromatic rings. The smallest absolute Gasteiger partial charge is 0.412 e. The number of aliphatic carboxylic acids is 1. The van der Waals surface area contributed by atoms with E-state index in [2.05, 4.69) is 15.2 Å². The van der Waals surface area contributed by atoms with Gasteiger partial charge in [0.2, 0.25) is 0 Å². The van der Waals surface area contributed by atoms with Gasteiger partial charge in [0.05, 0.1) is 24.4 Å². The van der Waals surface area contributed by atoms with E-state index in [1.54, 1.807) is 47.3 Å². The van der Waals surface area contributed by atoms with Crippen molar-refractivity contribution in [2.24, 2.45) is 0 Å². The molecule has 0 atom stereocenters. The van der Waals surface area contributed by atoms with Gasteiger partial charge in [0, 0.05) is 11.1 Å². The lowest BCUT2D eigenvalue weighted by Gasteiger charge is -2.13. The van der Waals surface area contributed by atoms with Gasteiger partial charge in [-0.3, -0.25) is 10.1 Å². The summed E-state index contributed by atoms with van der Waals surface area (Å²) in [5, 5.41) is 16.3. The van der Waals surface area contributed by atoms with E-state index in [0.717, 1.165) is 5.56 Å². The van der Waals surface area contributed by atoms with Crippen LogP contribution in [0.1, 0.15) is 24.0 Å². The fraction of sp³-hybridized carbons (Fsp3) is 0.227. The number of ether oxygens (including phenoxy) is 1. The maximum atomic E-state index is 14.8. The number of carboxylic acid groups (broad SMARTS) is 1. The Morgan fingerprint density at radius 2 is 1.90 bits per heavy atom. The second kappa shape index (κ2) is 7.29. The molecule has 1 fully saturated rings. The number of aryl methyl sites for hydroxylation is 1. The predicted molar refractivity (Wildman–Crippen MR) is 108 cm³/mol. The van der Waals surface area contributed by atoms with Crippen molar-refractivity contribution >= 4 is 17.9 Å². The summed E-state index contributed by atoms with van der Waals surface area (Å²) >= 11 is 0. The second-order valence-corrected chi connectivity index (χ2v) is 7.33. The van der Waals surface area contributed by atoms with Crippen LogP contribution in [0.15, 0.2) is 48.7 Å². The third kappa shape index (κ3) is 3.30. The number of rotatable bonds is 5. The second-order valence-electron chi connectivity index (χ2n) is 7.33. The van der Waals surface area contributed by atoms with Gasteiger partial charge in [-0.1, -0.05) is 24.3 Å². The monoisotopic (exact) mass is 409 g/mol. The molecular weight excluding hydrogens is 389 g/mol. The first-order valence-electron chi connectivity index (χ1n) is 9.39. The highest BCUT2D eigenvalue weighted by Gasteiger charge is 2.51. The van der Waals surface area contributed by atoms with Gasteiger partial charge in [0.15, 0.2) is 0 Å². The van der Waals surface area contributed by atoms with E-state index in [0.29, 0.717) is 41.0 Å². The van der Waals surface area contributed by atoms with Crippen LogP contribution in [0.4, 0.5) is 15.0 Å². The van der Waals surface area contributed by atoms with Crippen LogP contribution in [0.5, 0.6) is 0 Å². The number of carboxylic acids is 1. The molecule has 4 rings (SSSR count). The normalized spacial score (nSPS) is 14.2. The molecule has 154 valence electrons. The first-order chi connectivity index (χ1) is 14.4. The number of carbonyl (C=O) groups is 2. The number of benzene rings is 2. The summed E-state index contributed by atoms with van der Waals surface area (Å²) in [6.45, 7) is 1.81. The molecule has 7 nitrogen and oxygen atoms in total. The van der Waals surface area contributed by atoms with Gasteiger partial charge in [-0.2, -0.15) is 5.10 Å². The lowest BCUT2D eigenvalue weighted by Crippen LogP contribution is -2.19. The molecule has 2 aromatic carbocycles. The summed E-state index contributed by atoms with van der Waals surface area (Å²) in [7, 11) is 1.28. The Bertz CT molecular complexity index is 1130. The van der Waals surface area contributed by atoms with Crippen LogP contribution in [-0.4, -0.2) is 34.1 Å². The number of aromatic nitrogens is 2. The Hall–Kier alpha value is -3.68. The highest BCUT2D eigenvalue weighted by Crippen LogP contribution is 2.49. The van der Waals surface area contributed by atoms with Crippen LogP contribution in [0.2, 0.25) is 0 Å². The Labute approximate surface area is 172 Å². The fourth-order valence-electron chi connectivity index (χ4n) is 3.51. The predicted octanol–water partition coefficient (Wildman–Crippen LogP) is 4.28. The van der Waals surface area contributed by atoms with Crippen molar-refractivity contribution in [2.75, 3.05) is 12.4 Å². The Kier molecular flexibility index (Phi) is 4.77. The lowest BCUT2D eigenvalue weighted by atomic mass is 9.93. The van der Waals surface area contributed by atoms with Crippen molar-refractivity contribution in [3.05, 3.63) is 65.6 Å². The van der Waals surface area contributed by atoms with E-state index in [4.69, 9.17) is 0 Å². The summed E-state index contributed by atoms with van der Waals surface area (Å²) < 4.78 is 21.0. The molecule has 1 saturated carbocycles. The third-order valence-electron chi connectivity index (χ3n) is 5.46. The molecule has 2 N–H and O–H groups in total. The highest BCUT2D eigenvalue weighted by molar-refractivity contribution is 5.85. The zero-order valence-electron chi connectivity index (χ0n) is 16.5.